The minimum absolute atomic E-state index is 0.00250. The fourth-order valence-corrected chi connectivity index (χ4v) is 2.94. The molecule has 1 atom stereocenters. The van der Waals surface area contributed by atoms with E-state index in [-0.39, 0.29) is 18.4 Å². The molecule has 2 aromatic rings. The summed E-state index contributed by atoms with van der Waals surface area (Å²) in [5, 5.41) is 4.36. The highest BCUT2D eigenvalue weighted by Gasteiger charge is 2.29. The van der Waals surface area contributed by atoms with E-state index in [4.69, 9.17) is 9.15 Å². The Morgan fingerprint density at radius 3 is 3.04 bits per heavy atom. The molecular weight excluding hydrogens is 294 g/mol. The molecule has 1 aliphatic carbocycles. The Labute approximate surface area is 135 Å². The molecule has 2 aromatic heterocycles. The number of carbonyl (C=O) groups excluding carboxylic acids is 1. The number of aromatic nitrogens is 2. The van der Waals surface area contributed by atoms with E-state index in [9.17, 15) is 4.79 Å². The maximum absolute atomic E-state index is 12.6. The molecule has 6 nitrogen and oxygen atoms in total. The second-order valence-corrected chi connectivity index (χ2v) is 6.43. The third kappa shape index (κ3) is 3.47. The summed E-state index contributed by atoms with van der Waals surface area (Å²) in [6, 6.07) is 5.61. The van der Waals surface area contributed by atoms with Crippen LogP contribution < -0.4 is 0 Å². The molecule has 4 rings (SSSR count). The van der Waals surface area contributed by atoms with Gasteiger partial charge in [-0.2, -0.15) is 5.10 Å². The van der Waals surface area contributed by atoms with Crippen LogP contribution in [0.15, 0.2) is 35.1 Å². The molecule has 1 aliphatic heterocycles. The van der Waals surface area contributed by atoms with E-state index < -0.39 is 0 Å². The highest BCUT2D eigenvalue weighted by atomic mass is 16.5. The lowest BCUT2D eigenvalue weighted by Gasteiger charge is -2.24. The van der Waals surface area contributed by atoms with Gasteiger partial charge in [0, 0.05) is 19.3 Å². The van der Waals surface area contributed by atoms with Crippen LogP contribution in [-0.2, 0) is 29.0 Å². The number of fused-ring (bicyclic) bond motifs is 1. The van der Waals surface area contributed by atoms with Crippen molar-refractivity contribution < 1.29 is 13.9 Å². The molecule has 1 unspecified atom stereocenters. The lowest BCUT2D eigenvalue weighted by Crippen LogP contribution is -2.38. The first-order valence-corrected chi connectivity index (χ1v) is 8.20. The fraction of sp³-hybridized carbons (Fsp3) is 0.529. The number of furan rings is 1. The van der Waals surface area contributed by atoms with Gasteiger partial charge in [0.1, 0.15) is 5.76 Å². The van der Waals surface area contributed by atoms with Gasteiger partial charge in [-0.05, 0) is 37.0 Å². The van der Waals surface area contributed by atoms with Crippen LogP contribution in [-0.4, -0.2) is 39.8 Å². The Bertz CT molecular complexity index is 660. The van der Waals surface area contributed by atoms with Gasteiger partial charge in [0.05, 0.1) is 37.6 Å². The molecule has 0 bridgehead atoms. The third-order valence-corrected chi connectivity index (χ3v) is 4.48. The number of hydrogen-bond acceptors (Lipinski definition) is 4. The van der Waals surface area contributed by atoms with E-state index >= 15 is 0 Å². The predicted octanol–water partition coefficient (Wildman–Crippen LogP) is 1.86. The average molecular weight is 315 g/mol. The standard InChI is InChI=1S/C17H21N3O3/c21-17(8-15-2-1-7-22-15)19-9-14-5-6-18-20(14)11-16(10-19)23-12-13-3-4-13/h1-2,5-7,13,16H,3-4,8-12H2. The van der Waals surface area contributed by atoms with Crippen molar-refractivity contribution >= 4 is 5.91 Å². The van der Waals surface area contributed by atoms with Crippen LogP contribution in [0.4, 0.5) is 0 Å². The fourth-order valence-electron chi connectivity index (χ4n) is 2.94. The molecule has 1 amide bonds. The van der Waals surface area contributed by atoms with Gasteiger partial charge in [-0.1, -0.05) is 0 Å². The quantitative estimate of drug-likeness (QED) is 0.845. The van der Waals surface area contributed by atoms with E-state index in [1.54, 1.807) is 12.5 Å². The first kappa shape index (κ1) is 14.5. The van der Waals surface area contributed by atoms with Crippen LogP contribution in [0.25, 0.3) is 0 Å². The number of rotatable bonds is 5. The van der Waals surface area contributed by atoms with Gasteiger partial charge in [-0.25, -0.2) is 0 Å². The van der Waals surface area contributed by atoms with E-state index in [2.05, 4.69) is 5.10 Å². The summed E-state index contributed by atoms with van der Waals surface area (Å²) in [6.07, 6.45) is 6.20. The molecule has 0 saturated heterocycles. The Morgan fingerprint density at radius 2 is 2.26 bits per heavy atom. The predicted molar refractivity (Wildman–Crippen MR) is 82.5 cm³/mol. The van der Waals surface area contributed by atoms with Crippen LogP contribution in [0.3, 0.4) is 0 Å². The molecule has 122 valence electrons. The highest BCUT2D eigenvalue weighted by molar-refractivity contribution is 5.78. The Morgan fingerprint density at radius 1 is 1.35 bits per heavy atom. The summed E-state index contributed by atoms with van der Waals surface area (Å²) >= 11 is 0. The zero-order chi connectivity index (χ0) is 15.6. The number of nitrogens with zero attached hydrogens (tertiary/aromatic N) is 3. The van der Waals surface area contributed by atoms with Crippen LogP contribution in [0.2, 0.25) is 0 Å². The number of ether oxygens (including phenoxy) is 1. The summed E-state index contributed by atoms with van der Waals surface area (Å²) < 4.78 is 13.3. The van der Waals surface area contributed by atoms with Crippen molar-refractivity contribution in [2.75, 3.05) is 13.2 Å². The van der Waals surface area contributed by atoms with Gasteiger partial charge < -0.3 is 14.1 Å². The Balaban J connectivity index is 1.47. The van der Waals surface area contributed by atoms with E-state index in [0.29, 0.717) is 31.3 Å². The molecule has 2 aliphatic rings. The van der Waals surface area contributed by atoms with Gasteiger partial charge in [0.2, 0.25) is 5.91 Å². The van der Waals surface area contributed by atoms with Gasteiger partial charge in [-0.15, -0.1) is 0 Å². The van der Waals surface area contributed by atoms with Crippen LogP contribution in [0.5, 0.6) is 0 Å². The molecule has 0 spiro atoms. The SMILES string of the molecule is O=C(Cc1ccco1)N1Cc2ccnn2CC(OCC2CC2)C1. The largest absolute Gasteiger partial charge is 0.469 e. The number of hydrogen-bond donors (Lipinski definition) is 0. The first-order valence-electron chi connectivity index (χ1n) is 8.20. The summed E-state index contributed by atoms with van der Waals surface area (Å²) in [5.74, 6) is 1.47. The second kappa shape index (κ2) is 6.20. The van der Waals surface area contributed by atoms with Crippen molar-refractivity contribution in [1.29, 1.82) is 0 Å². The zero-order valence-electron chi connectivity index (χ0n) is 13.1. The molecule has 1 saturated carbocycles. The summed E-state index contributed by atoms with van der Waals surface area (Å²) in [5.41, 5.74) is 1.05. The zero-order valence-corrected chi connectivity index (χ0v) is 13.1. The lowest BCUT2D eigenvalue weighted by molar-refractivity contribution is -0.133. The monoisotopic (exact) mass is 315 g/mol. The van der Waals surface area contributed by atoms with Crippen molar-refractivity contribution in [3.63, 3.8) is 0 Å². The van der Waals surface area contributed by atoms with E-state index in [1.165, 1.54) is 12.8 Å². The van der Waals surface area contributed by atoms with Crippen molar-refractivity contribution in [3.8, 4) is 0 Å². The molecule has 0 N–H and O–H groups in total. The maximum atomic E-state index is 12.6. The van der Waals surface area contributed by atoms with Crippen LogP contribution >= 0.6 is 0 Å². The molecule has 1 fully saturated rings. The van der Waals surface area contributed by atoms with Crippen LogP contribution in [0.1, 0.15) is 24.3 Å². The average Bonchev–Trinajstić information content (AvgIpc) is 3.12. The van der Waals surface area contributed by atoms with Gasteiger partial charge in [-0.3, -0.25) is 9.48 Å². The molecule has 3 heterocycles. The molecule has 0 radical (unpaired) electrons. The van der Waals surface area contributed by atoms with Crippen molar-refractivity contribution in [2.24, 2.45) is 5.92 Å². The normalized spacial score (nSPS) is 21.0. The van der Waals surface area contributed by atoms with E-state index in [1.807, 2.05) is 27.8 Å². The van der Waals surface area contributed by atoms with Crippen LogP contribution in [0, 0.1) is 5.92 Å². The summed E-state index contributed by atoms with van der Waals surface area (Å²) in [7, 11) is 0. The number of carbonyl (C=O) groups is 1. The Hall–Kier alpha value is -2.08. The second-order valence-electron chi connectivity index (χ2n) is 6.43. The first-order chi connectivity index (χ1) is 11.3. The third-order valence-electron chi connectivity index (χ3n) is 4.48. The molecule has 6 heteroatoms. The molecule has 23 heavy (non-hydrogen) atoms. The topological polar surface area (TPSA) is 60.5 Å². The molecular formula is C17H21N3O3. The van der Waals surface area contributed by atoms with E-state index in [0.717, 1.165) is 12.3 Å². The minimum atomic E-state index is -0.00250. The Kier molecular flexibility index (Phi) is 3.91. The summed E-state index contributed by atoms with van der Waals surface area (Å²) in [6.45, 7) is 2.68. The number of amides is 1. The lowest BCUT2D eigenvalue weighted by atomic mass is 10.2. The maximum Gasteiger partial charge on any atom is 0.230 e. The van der Waals surface area contributed by atoms with Crippen molar-refractivity contribution in [2.45, 2.75) is 38.5 Å². The minimum Gasteiger partial charge on any atom is -0.469 e. The van der Waals surface area contributed by atoms with Gasteiger partial charge >= 0.3 is 0 Å². The molecule has 0 aromatic carbocycles. The smallest absolute Gasteiger partial charge is 0.230 e. The van der Waals surface area contributed by atoms with Gasteiger partial charge in [0.15, 0.2) is 0 Å². The summed E-state index contributed by atoms with van der Waals surface area (Å²) in [4.78, 5) is 14.5. The van der Waals surface area contributed by atoms with Crippen molar-refractivity contribution in [1.82, 2.24) is 14.7 Å². The highest BCUT2D eigenvalue weighted by Crippen LogP contribution is 2.29. The van der Waals surface area contributed by atoms with Gasteiger partial charge in [0.25, 0.3) is 0 Å². The van der Waals surface area contributed by atoms with Crippen molar-refractivity contribution in [3.05, 3.63) is 42.1 Å².